The minimum Gasteiger partial charge on any atom is -0.493 e. The lowest BCUT2D eigenvalue weighted by molar-refractivity contribution is -0.118. The lowest BCUT2D eigenvalue weighted by atomic mass is 10.0. The maximum atomic E-state index is 11.5. The quantitative estimate of drug-likeness (QED) is 0.574. The molecule has 2 aromatic rings. The van der Waals surface area contributed by atoms with Crippen LogP contribution in [0.15, 0.2) is 53.7 Å². The van der Waals surface area contributed by atoms with Crippen molar-refractivity contribution in [1.29, 1.82) is 0 Å². The zero-order valence-electron chi connectivity index (χ0n) is 17.9. The van der Waals surface area contributed by atoms with E-state index in [0.717, 1.165) is 56.1 Å². The molecule has 1 saturated carbocycles. The Morgan fingerprint density at radius 1 is 1.10 bits per heavy atom. The fraction of sp³-hybridized carbons (Fsp3) is 0.458. The van der Waals surface area contributed by atoms with E-state index in [2.05, 4.69) is 39.2 Å². The summed E-state index contributed by atoms with van der Waals surface area (Å²) in [5.74, 6) is 0.972. The van der Waals surface area contributed by atoms with Gasteiger partial charge in [-0.25, -0.2) is 0 Å². The molecule has 1 saturated heterocycles. The van der Waals surface area contributed by atoms with Crippen LogP contribution in [-0.4, -0.2) is 56.2 Å². The third-order valence-electron chi connectivity index (χ3n) is 5.96. The first-order valence-corrected chi connectivity index (χ1v) is 10.9. The van der Waals surface area contributed by atoms with Crippen LogP contribution >= 0.6 is 0 Å². The van der Waals surface area contributed by atoms with Crippen LogP contribution in [0.25, 0.3) is 0 Å². The monoisotopic (exact) mass is 423 g/mol. The first-order chi connectivity index (χ1) is 15.2. The number of piperazine rings is 1. The summed E-state index contributed by atoms with van der Waals surface area (Å²) in [5.41, 5.74) is 2.37. The highest BCUT2D eigenvalue weighted by Gasteiger charge is 2.29. The first-order valence-electron chi connectivity index (χ1n) is 10.9. The molecule has 4 rings (SSSR count). The second-order valence-electron chi connectivity index (χ2n) is 8.21. The van der Waals surface area contributed by atoms with Gasteiger partial charge in [-0.15, -0.1) is 4.91 Å². The number of hydrogen-bond acceptors (Lipinski definition) is 6. The van der Waals surface area contributed by atoms with Crippen molar-refractivity contribution in [3.8, 4) is 11.5 Å². The van der Waals surface area contributed by atoms with Crippen LogP contribution in [0.3, 0.4) is 0 Å². The molecule has 2 fully saturated rings. The molecule has 1 amide bonds. The van der Waals surface area contributed by atoms with Crippen molar-refractivity contribution >= 4 is 11.6 Å². The standard InChI is InChI=1S/C24H29N3O4/c1-30-22-10-7-19(16-23(22)31-21-8-9-21)27-14-13-26(12-11-24(28)25-29)20(17-27)15-18-5-3-2-4-6-18/h2-7,10,16,20-21H,8-9,11-15,17H2,1H3. The van der Waals surface area contributed by atoms with Crippen molar-refractivity contribution in [1.82, 2.24) is 4.90 Å². The van der Waals surface area contributed by atoms with Gasteiger partial charge in [0.05, 0.1) is 13.2 Å². The van der Waals surface area contributed by atoms with Gasteiger partial charge in [0.2, 0.25) is 0 Å². The van der Waals surface area contributed by atoms with Crippen molar-refractivity contribution in [3.05, 3.63) is 59.0 Å². The Hall–Kier alpha value is -2.93. The van der Waals surface area contributed by atoms with Crippen molar-refractivity contribution in [3.63, 3.8) is 0 Å². The molecule has 2 aliphatic rings. The first kappa shape index (κ1) is 21.3. The number of ether oxygens (including phenoxy) is 2. The second kappa shape index (κ2) is 9.92. The van der Waals surface area contributed by atoms with Crippen molar-refractivity contribution < 1.29 is 14.3 Å². The number of nitroso groups, excluding NO2 is 1. The molecule has 164 valence electrons. The van der Waals surface area contributed by atoms with Gasteiger partial charge in [-0.2, -0.15) is 0 Å². The minimum absolute atomic E-state index is 0.163. The molecule has 7 heteroatoms. The lowest BCUT2D eigenvalue weighted by Gasteiger charge is -2.42. The van der Waals surface area contributed by atoms with E-state index in [-0.39, 0.29) is 12.5 Å². The molecule has 1 aliphatic heterocycles. The molecule has 0 radical (unpaired) electrons. The van der Waals surface area contributed by atoms with Crippen LogP contribution < -0.4 is 14.4 Å². The predicted octanol–water partition coefficient (Wildman–Crippen LogP) is 3.65. The summed E-state index contributed by atoms with van der Waals surface area (Å²) >= 11 is 0. The highest BCUT2D eigenvalue weighted by Crippen LogP contribution is 2.37. The number of nitrogens with zero attached hydrogens (tertiary/aromatic N) is 3. The summed E-state index contributed by atoms with van der Waals surface area (Å²) in [6.07, 6.45) is 3.54. The molecule has 1 unspecified atom stereocenters. The van der Waals surface area contributed by atoms with E-state index in [1.165, 1.54) is 5.56 Å². The number of hydrogen-bond donors (Lipinski definition) is 0. The summed E-state index contributed by atoms with van der Waals surface area (Å²) in [6, 6.07) is 16.7. The molecule has 0 bridgehead atoms. The Morgan fingerprint density at radius 3 is 2.61 bits per heavy atom. The van der Waals surface area contributed by atoms with Crippen LogP contribution in [0.4, 0.5) is 5.69 Å². The number of amides is 1. The maximum Gasteiger partial charge on any atom is 0.287 e. The molecule has 1 atom stereocenters. The van der Waals surface area contributed by atoms with Crippen molar-refractivity contribution in [2.24, 2.45) is 5.18 Å². The largest absolute Gasteiger partial charge is 0.493 e. The molecule has 0 aromatic heterocycles. The zero-order chi connectivity index (χ0) is 21.6. The highest BCUT2D eigenvalue weighted by atomic mass is 16.5. The van der Waals surface area contributed by atoms with Crippen molar-refractivity contribution in [2.45, 2.75) is 37.8 Å². The molecule has 0 spiro atoms. The number of carbonyl (C=O) groups excluding carboxylic acids is 1. The Balaban J connectivity index is 1.50. The van der Waals surface area contributed by atoms with Gasteiger partial charge in [-0.3, -0.25) is 9.69 Å². The number of benzene rings is 2. The summed E-state index contributed by atoms with van der Waals surface area (Å²) in [7, 11) is 1.67. The third kappa shape index (κ3) is 5.61. The topological polar surface area (TPSA) is 71.4 Å². The molecule has 7 nitrogen and oxygen atoms in total. The van der Waals surface area contributed by atoms with Gasteiger partial charge in [0, 0.05) is 55.6 Å². The Morgan fingerprint density at radius 2 is 1.90 bits per heavy atom. The Labute approximate surface area is 182 Å². The Kier molecular flexibility index (Phi) is 6.82. The van der Waals surface area contributed by atoms with E-state index < -0.39 is 5.91 Å². The number of carbonyl (C=O) groups is 1. The average molecular weight is 424 g/mol. The van der Waals surface area contributed by atoms with Gasteiger partial charge >= 0.3 is 0 Å². The molecular weight excluding hydrogens is 394 g/mol. The highest BCUT2D eigenvalue weighted by molar-refractivity contribution is 5.76. The second-order valence-corrected chi connectivity index (χ2v) is 8.21. The molecule has 1 heterocycles. The van der Waals surface area contributed by atoms with E-state index in [0.29, 0.717) is 12.6 Å². The number of anilines is 1. The summed E-state index contributed by atoms with van der Waals surface area (Å²) < 4.78 is 11.5. The smallest absolute Gasteiger partial charge is 0.287 e. The van der Waals surface area contributed by atoms with E-state index in [1.54, 1.807) is 7.11 Å². The SMILES string of the molecule is COc1ccc(N2CCN(CCC(=O)N=O)C(Cc3ccccc3)C2)cc1OC1CC1. The van der Waals surface area contributed by atoms with Crippen LogP contribution in [-0.2, 0) is 11.2 Å². The van der Waals surface area contributed by atoms with Crippen LogP contribution in [0.1, 0.15) is 24.8 Å². The van der Waals surface area contributed by atoms with E-state index in [9.17, 15) is 9.70 Å². The third-order valence-corrected chi connectivity index (χ3v) is 5.96. The molecule has 0 N–H and O–H groups in total. The predicted molar refractivity (Wildman–Crippen MR) is 120 cm³/mol. The fourth-order valence-corrected chi connectivity index (χ4v) is 4.11. The van der Waals surface area contributed by atoms with Crippen LogP contribution in [0.5, 0.6) is 11.5 Å². The molecular formula is C24H29N3O4. The van der Waals surface area contributed by atoms with E-state index in [1.807, 2.05) is 24.3 Å². The maximum absolute atomic E-state index is 11.5. The summed E-state index contributed by atoms with van der Waals surface area (Å²) in [6.45, 7) is 3.03. The Bertz CT molecular complexity index is 901. The van der Waals surface area contributed by atoms with Gasteiger partial charge in [0.1, 0.15) is 0 Å². The van der Waals surface area contributed by atoms with E-state index in [4.69, 9.17) is 9.47 Å². The fourth-order valence-electron chi connectivity index (χ4n) is 4.11. The summed E-state index contributed by atoms with van der Waals surface area (Å²) in [4.78, 5) is 26.6. The van der Waals surface area contributed by atoms with Gasteiger partial charge in [-0.05, 0) is 37.0 Å². The average Bonchev–Trinajstić information content (AvgIpc) is 3.62. The van der Waals surface area contributed by atoms with Gasteiger partial charge in [-0.1, -0.05) is 30.3 Å². The van der Waals surface area contributed by atoms with Gasteiger partial charge < -0.3 is 14.4 Å². The van der Waals surface area contributed by atoms with Gasteiger partial charge in [0.25, 0.3) is 5.91 Å². The molecule has 1 aliphatic carbocycles. The van der Waals surface area contributed by atoms with Crippen LogP contribution in [0.2, 0.25) is 0 Å². The normalized spacial score (nSPS) is 19.1. The summed E-state index contributed by atoms with van der Waals surface area (Å²) in [5, 5.41) is 2.55. The number of rotatable bonds is 9. The van der Waals surface area contributed by atoms with Gasteiger partial charge in [0.15, 0.2) is 11.5 Å². The molecule has 2 aromatic carbocycles. The molecule has 31 heavy (non-hydrogen) atoms. The number of methoxy groups -OCH3 is 1. The minimum atomic E-state index is -0.585. The van der Waals surface area contributed by atoms with E-state index >= 15 is 0 Å². The zero-order valence-corrected chi connectivity index (χ0v) is 17.9. The van der Waals surface area contributed by atoms with Crippen molar-refractivity contribution in [2.75, 3.05) is 38.2 Å². The van der Waals surface area contributed by atoms with Crippen LogP contribution in [0, 0.1) is 4.91 Å². The lowest BCUT2D eigenvalue weighted by Crippen LogP contribution is -2.54.